The van der Waals surface area contributed by atoms with Crippen molar-refractivity contribution >= 4 is 33.6 Å². The lowest BCUT2D eigenvalue weighted by molar-refractivity contribution is 0.334. The van der Waals surface area contributed by atoms with Crippen LogP contribution in [0.4, 0.5) is 0 Å². The van der Waals surface area contributed by atoms with Crippen LogP contribution >= 0.6 is 12.4 Å². The molecule has 0 radical (unpaired) electrons. The Morgan fingerprint density at radius 3 is 2.43 bits per heavy atom. The first kappa shape index (κ1) is 20.5. The zero-order valence-corrected chi connectivity index (χ0v) is 16.8. The highest BCUT2D eigenvalue weighted by Gasteiger charge is 2.39. The molecule has 1 aliphatic rings. The average molecular weight is 421 g/mol. The number of pyridine rings is 2. The third-order valence-electron chi connectivity index (χ3n) is 4.92. The van der Waals surface area contributed by atoms with Crippen LogP contribution in [-0.4, -0.2) is 28.7 Å². The van der Waals surface area contributed by atoms with Crippen molar-refractivity contribution in [2.45, 2.75) is 31.8 Å². The van der Waals surface area contributed by atoms with E-state index in [-0.39, 0.29) is 30.0 Å². The third-order valence-corrected chi connectivity index (χ3v) is 6.12. The second kappa shape index (κ2) is 7.63. The third kappa shape index (κ3) is 3.95. The Morgan fingerprint density at radius 1 is 1.14 bits per heavy atom. The number of hydrogen-bond acceptors (Lipinski definition) is 4. The number of aromatic nitrogens is 2. The van der Waals surface area contributed by atoms with Crippen molar-refractivity contribution in [1.29, 1.82) is 0 Å². The summed E-state index contributed by atoms with van der Waals surface area (Å²) < 4.78 is 25.3. The maximum atomic E-state index is 12.0. The van der Waals surface area contributed by atoms with Gasteiger partial charge in [-0.05, 0) is 48.6 Å². The molecular formula is C19H21ClN4O3S. The molecule has 3 aromatic rings. The number of aromatic amines is 1. The van der Waals surface area contributed by atoms with Crippen LogP contribution in [0.3, 0.4) is 0 Å². The van der Waals surface area contributed by atoms with E-state index in [0.29, 0.717) is 5.65 Å². The van der Waals surface area contributed by atoms with E-state index >= 15 is 0 Å². The summed E-state index contributed by atoms with van der Waals surface area (Å²) in [5.74, 6) is 0. The Balaban J connectivity index is 0.00000225. The summed E-state index contributed by atoms with van der Waals surface area (Å²) in [4.78, 5) is 18.4. The lowest BCUT2D eigenvalue weighted by atomic mass is 9.99. The Labute approximate surface area is 169 Å². The van der Waals surface area contributed by atoms with E-state index in [9.17, 15) is 13.2 Å². The Morgan fingerprint density at radius 2 is 1.82 bits per heavy atom. The van der Waals surface area contributed by atoms with E-state index in [1.54, 1.807) is 12.3 Å². The fourth-order valence-electron chi connectivity index (χ4n) is 3.47. The smallest absolute Gasteiger partial charge is 0.277 e. The first-order chi connectivity index (χ1) is 12.8. The van der Waals surface area contributed by atoms with E-state index in [2.05, 4.69) is 9.97 Å². The molecule has 1 aliphatic carbocycles. The predicted molar refractivity (Wildman–Crippen MR) is 111 cm³/mol. The molecule has 4 rings (SSSR count). The minimum atomic E-state index is -3.75. The number of H-pyrrole nitrogens is 1. The summed E-state index contributed by atoms with van der Waals surface area (Å²) >= 11 is 0. The zero-order chi connectivity index (χ0) is 19.2. The lowest BCUT2D eigenvalue weighted by Gasteiger charge is -2.26. The topological polar surface area (TPSA) is 109 Å². The van der Waals surface area contributed by atoms with Gasteiger partial charge in [0.05, 0.1) is 0 Å². The number of fused-ring (bicyclic) bond motifs is 1. The Hall–Kier alpha value is -2.26. The van der Waals surface area contributed by atoms with Gasteiger partial charge >= 0.3 is 0 Å². The van der Waals surface area contributed by atoms with E-state index in [1.807, 2.05) is 37.3 Å². The minimum Gasteiger partial charge on any atom is -0.307 e. The van der Waals surface area contributed by atoms with Gasteiger partial charge in [-0.2, -0.15) is 12.7 Å². The molecule has 28 heavy (non-hydrogen) atoms. The number of halogens is 1. The first-order valence-corrected chi connectivity index (χ1v) is 10.2. The minimum absolute atomic E-state index is 0. The van der Waals surface area contributed by atoms with E-state index in [0.717, 1.165) is 34.9 Å². The van der Waals surface area contributed by atoms with Gasteiger partial charge in [0.2, 0.25) is 5.56 Å². The average Bonchev–Trinajstić information content (AvgIpc) is 3.44. The molecule has 1 saturated carbocycles. The van der Waals surface area contributed by atoms with Crippen LogP contribution in [0, 0.1) is 0 Å². The van der Waals surface area contributed by atoms with Crippen molar-refractivity contribution < 1.29 is 8.42 Å². The standard InChI is InChI=1S/C19H20N4O3S.ClH/c1-12(23(15-6-7-15)27(20,25)26)13-2-4-14(5-3-13)16-10-11-21-19-17(16)8-9-18(24)22-19;/h2-5,8-12,15H,6-7H2,1H3,(H2,20,25,26)(H,21,22,24);1H/t12-;/m1./s1. The summed E-state index contributed by atoms with van der Waals surface area (Å²) in [5, 5.41) is 6.27. The molecule has 7 nitrogen and oxygen atoms in total. The summed E-state index contributed by atoms with van der Waals surface area (Å²) in [6.07, 6.45) is 3.35. The van der Waals surface area contributed by atoms with E-state index in [1.165, 1.54) is 10.4 Å². The molecule has 2 heterocycles. The van der Waals surface area contributed by atoms with Gasteiger partial charge in [-0.3, -0.25) is 4.79 Å². The Kier molecular flexibility index (Phi) is 5.58. The maximum Gasteiger partial charge on any atom is 0.277 e. The van der Waals surface area contributed by atoms with Crippen molar-refractivity contribution in [3.63, 3.8) is 0 Å². The lowest BCUT2D eigenvalue weighted by Crippen LogP contribution is -2.40. The molecule has 1 fully saturated rings. The summed E-state index contributed by atoms with van der Waals surface area (Å²) in [6, 6.07) is 12.5. The van der Waals surface area contributed by atoms with Crippen molar-refractivity contribution in [2.24, 2.45) is 5.14 Å². The van der Waals surface area contributed by atoms with Crippen molar-refractivity contribution in [2.75, 3.05) is 0 Å². The van der Waals surface area contributed by atoms with Gasteiger partial charge < -0.3 is 4.98 Å². The molecule has 0 saturated heterocycles. The fourth-order valence-corrected chi connectivity index (χ4v) is 4.66. The van der Waals surface area contributed by atoms with Crippen LogP contribution in [-0.2, 0) is 10.2 Å². The molecule has 9 heteroatoms. The van der Waals surface area contributed by atoms with Crippen LogP contribution in [0.1, 0.15) is 31.4 Å². The molecule has 0 amide bonds. The second-order valence-electron chi connectivity index (χ2n) is 6.85. The molecule has 0 bridgehead atoms. The van der Waals surface area contributed by atoms with Gasteiger partial charge in [-0.15, -0.1) is 12.4 Å². The maximum absolute atomic E-state index is 12.0. The molecule has 1 atom stereocenters. The molecule has 0 unspecified atom stereocenters. The molecule has 0 spiro atoms. The van der Waals surface area contributed by atoms with Crippen LogP contribution in [0.5, 0.6) is 0 Å². The molecule has 1 aromatic carbocycles. The van der Waals surface area contributed by atoms with Crippen molar-refractivity contribution in [3.8, 4) is 11.1 Å². The monoisotopic (exact) mass is 420 g/mol. The molecule has 2 aromatic heterocycles. The summed E-state index contributed by atoms with van der Waals surface area (Å²) in [6.45, 7) is 1.85. The largest absolute Gasteiger partial charge is 0.307 e. The quantitative estimate of drug-likeness (QED) is 0.661. The summed E-state index contributed by atoms with van der Waals surface area (Å²) in [5.41, 5.74) is 3.12. The normalized spacial score (nSPS) is 15.4. The predicted octanol–water partition coefficient (Wildman–Crippen LogP) is 2.74. The van der Waals surface area contributed by atoms with Gasteiger partial charge in [-0.25, -0.2) is 10.1 Å². The number of rotatable bonds is 5. The van der Waals surface area contributed by atoms with Crippen LogP contribution in [0.25, 0.3) is 22.2 Å². The zero-order valence-electron chi connectivity index (χ0n) is 15.2. The van der Waals surface area contributed by atoms with Crippen molar-refractivity contribution in [1.82, 2.24) is 14.3 Å². The number of nitrogens with one attached hydrogen (secondary N) is 1. The highest BCUT2D eigenvalue weighted by atomic mass is 35.5. The van der Waals surface area contributed by atoms with Crippen LogP contribution in [0.15, 0.2) is 53.5 Å². The fraction of sp³-hybridized carbons (Fsp3) is 0.263. The van der Waals surface area contributed by atoms with E-state index in [4.69, 9.17) is 5.14 Å². The SMILES string of the molecule is C[C@H](c1ccc(-c2ccnc3[nH]c(=O)ccc23)cc1)N(C1CC1)S(N)(=O)=O.Cl. The number of nitrogens with zero attached hydrogens (tertiary/aromatic N) is 2. The number of benzene rings is 1. The Bertz CT molecular complexity index is 1160. The van der Waals surface area contributed by atoms with Gasteiger partial charge in [-0.1, -0.05) is 24.3 Å². The molecule has 3 N–H and O–H groups in total. The highest BCUT2D eigenvalue weighted by Crippen LogP contribution is 2.36. The second-order valence-corrected chi connectivity index (χ2v) is 8.30. The van der Waals surface area contributed by atoms with Gasteiger partial charge in [0.15, 0.2) is 0 Å². The van der Waals surface area contributed by atoms with Crippen LogP contribution < -0.4 is 10.7 Å². The molecule has 0 aliphatic heterocycles. The number of hydrogen-bond donors (Lipinski definition) is 2. The number of nitrogens with two attached hydrogens (primary N) is 1. The van der Waals surface area contributed by atoms with Gasteiger partial charge in [0.25, 0.3) is 10.2 Å². The highest BCUT2D eigenvalue weighted by molar-refractivity contribution is 7.86. The summed E-state index contributed by atoms with van der Waals surface area (Å²) in [7, 11) is -3.75. The van der Waals surface area contributed by atoms with Crippen molar-refractivity contribution in [3.05, 3.63) is 64.6 Å². The van der Waals surface area contributed by atoms with Gasteiger partial charge in [0, 0.05) is 29.7 Å². The van der Waals surface area contributed by atoms with E-state index < -0.39 is 10.2 Å². The van der Waals surface area contributed by atoms with Crippen LogP contribution in [0.2, 0.25) is 0 Å². The first-order valence-electron chi connectivity index (χ1n) is 8.74. The van der Waals surface area contributed by atoms with Gasteiger partial charge in [0.1, 0.15) is 5.65 Å². The molecule has 148 valence electrons. The molecular weight excluding hydrogens is 400 g/mol.